The van der Waals surface area contributed by atoms with Crippen LogP contribution in [0.1, 0.15) is 52.7 Å². The predicted molar refractivity (Wildman–Crippen MR) is 119 cm³/mol. The molecule has 0 aromatic carbocycles. The van der Waals surface area contributed by atoms with Crippen LogP contribution < -0.4 is 5.32 Å². The number of carbonyl (C=O) groups is 2. The van der Waals surface area contributed by atoms with Gasteiger partial charge in [-0.3, -0.25) is 14.7 Å². The van der Waals surface area contributed by atoms with E-state index in [1.54, 1.807) is 39.1 Å². The van der Waals surface area contributed by atoms with E-state index >= 15 is 0 Å². The average Bonchev–Trinajstić information content (AvgIpc) is 3.41. The van der Waals surface area contributed by atoms with E-state index in [-0.39, 0.29) is 19.2 Å². The molecule has 2 aromatic rings. The van der Waals surface area contributed by atoms with Gasteiger partial charge in [0.1, 0.15) is 17.8 Å². The lowest BCUT2D eigenvalue weighted by Gasteiger charge is -2.27. The second-order valence-electron chi connectivity index (χ2n) is 9.39. The summed E-state index contributed by atoms with van der Waals surface area (Å²) < 4.78 is 27.0. The second kappa shape index (κ2) is 9.46. The Morgan fingerprint density at radius 1 is 1.24 bits per heavy atom. The molecule has 2 aromatic heterocycles. The van der Waals surface area contributed by atoms with Crippen molar-refractivity contribution in [1.29, 1.82) is 0 Å². The minimum atomic E-state index is -1.28. The Morgan fingerprint density at radius 3 is 2.73 bits per heavy atom. The van der Waals surface area contributed by atoms with Crippen molar-refractivity contribution in [3.8, 4) is 11.4 Å². The smallest absolute Gasteiger partial charge is 0.411 e. The number of anilines is 1. The van der Waals surface area contributed by atoms with Crippen molar-refractivity contribution in [2.45, 2.75) is 70.5 Å². The number of aromatic nitrogens is 3. The topological polar surface area (TPSA) is 98.6 Å². The third kappa shape index (κ3) is 5.50. The normalized spacial score (nSPS) is 23.4. The van der Waals surface area contributed by atoms with Crippen molar-refractivity contribution in [2.24, 2.45) is 0 Å². The highest BCUT2D eigenvalue weighted by molar-refractivity contribution is 5.97. The number of likely N-dealkylation sites (tertiary alicyclic amines) is 1. The third-order valence-corrected chi connectivity index (χ3v) is 5.57. The van der Waals surface area contributed by atoms with E-state index in [2.05, 4.69) is 15.4 Å². The van der Waals surface area contributed by atoms with Crippen molar-refractivity contribution in [1.82, 2.24) is 19.7 Å². The molecule has 3 atom stereocenters. The Bertz CT molecular complexity index is 981. The molecule has 2 aliphatic rings. The molecule has 10 heteroatoms. The Hall–Kier alpha value is -3.01. The van der Waals surface area contributed by atoms with Crippen LogP contribution in [0.4, 0.5) is 14.9 Å². The lowest BCUT2D eigenvalue weighted by atomic mass is 10.1. The summed E-state index contributed by atoms with van der Waals surface area (Å²) in [7, 11) is 0. The van der Waals surface area contributed by atoms with Crippen molar-refractivity contribution in [3.05, 3.63) is 30.6 Å². The zero-order chi connectivity index (χ0) is 23.6. The number of halogens is 1. The minimum absolute atomic E-state index is 0.0723. The number of hydrogen-bond donors (Lipinski definition) is 1. The van der Waals surface area contributed by atoms with Crippen LogP contribution in [0.3, 0.4) is 0 Å². The molecule has 4 heterocycles. The van der Waals surface area contributed by atoms with E-state index in [9.17, 15) is 14.0 Å². The number of amides is 2. The summed E-state index contributed by atoms with van der Waals surface area (Å²) in [6.07, 6.45) is 4.12. The highest BCUT2D eigenvalue weighted by atomic mass is 19.1. The maximum atomic E-state index is 14.1. The van der Waals surface area contributed by atoms with Gasteiger partial charge < -0.3 is 14.8 Å². The highest BCUT2D eigenvalue weighted by Gasteiger charge is 2.41. The van der Waals surface area contributed by atoms with Gasteiger partial charge in [-0.25, -0.2) is 13.9 Å². The van der Waals surface area contributed by atoms with Crippen LogP contribution in [-0.2, 0) is 14.3 Å². The van der Waals surface area contributed by atoms with Crippen molar-refractivity contribution in [2.75, 3.05) is 18.5 Å². The van der Waals surface area contributed by atoms with Gasteiger partial charge in [0.25, 0.3) is 0 Å². The molecule has 178 valence electrons. The number of nitrogens with zero attached hydrogens (tertiary/aromatic N) is 4. The van der Waals surface area contributed by atoms with Crippen molar-refractivity contribution < 1.29 is 23.5 Å². The molecule has 0 spiro atoms. The summed E-state index contributed by atoms with van der Waals surface area (Å²) in [6.45, 7) is 5.72. The lowest BCUT2D eigenvalue weighted by Crippen LogP contribution is -2.45. The number of carbonyl (C=O) groups excluding carboxylic acids is 2. The Balaban J connectivity index is 1.43. The summed E-state index contributed by atoms with van der Waals surface area (Å²) in [5, 5.41) is 7.13. The van der Waals surface area contributed by atoms with Gasteiger partial charge in [0, 0.05) is 19.2 Å². The van der Waals surface area contributed by atoms with Crippen LogP contribution in [0.25, 0.3) is 11.4 Å². The standard InChI is InChI=1S/C23H30FN5O4/c1-23(2,3)33-22(31)28-14-15(24)12-19(28)21(30)27-16-7-8-17(25-13-16)18-9-10-26-29(18)20-6-4-5-11-32-20/h7-10,13,15,19-20H,4-6,11-12,14H2,1-3H3,(H,27,30)/t15-,19+,20?/m0/s1. The maximum Gasteiger partial charge on any atom is 0.411 e. The molecule has 2 saturated heterocycles. The molecule has 2 amide bonds. The number of nitrogens with one attached hydrogen (secondary N) is 1. The number of hydrogen-bond acceptors (Lipinski definition) is 6. The molecule has 0 aliphatic carbocycles. The van der Waals surface area contributed by atoms with Gasteiger partial charge in [-0.2, -0.15) is 5.10 Å². The quantitative estimate of drug-likeness (QED) is 0.744. The molecule has 1 unspecified atom stereocenters. The first kappa shape index (κ1) is 23.2. The average molecular weight is 460 g/mol. The molecule has 9 nitrogen and oxygen atoms in total. The maximum absolute atomic E-state index is 14.1. The Labute approximate surface area is 192 Å². The van der Waals surface area contributed by atoms with Crippen LogP contribution in [0.15, 0.2) is 30.6 Å². The molecular formula is C23H30FN5O4. The minimum Gasteiger partial charge on any atom is -0.444 e. The van der Waals surface area contributed by atoms with Crippen LogP contribution in [0.5, 0.6) is 0 Å². The van der Waals surface area contributed by atoms with Crippen molar-refractivity contribution in [3.63, 3.8) is 0 Å². The summed E-state index contributed by atoms with van der Waals surface area (Å²) in [5.74, 6) is -0.476. The van der Waals surface area contributed by atoms with Crippen molar-refractivity contribution >= 4 is 17.7 Å². The fraction of sp³-hybridized carbons (Fsp3) is 0.565. The van der Waals surface area contributed by atoms with E-state index < -0.39 is 29.8 Å². The van der Waals surface area contributed by atoms with E-state index in [1.165, 1.54) is 6.20 Å². The molecule has 2 aliphatic heterocycles. The Morgan fingerprint density at radius 2 is 2.06 bits per heavy atom. The van der Waals surface area contributed by atoms with E-state index in [4.69, 9.17) is 9.47 Å². The first-order valence-electron chi connectivity index (χ1n) is 11.3. The van der Waals surface area contributed by atoms with Crippen LogP contribution in [0.2, 0.25) is 0 Å². The summed E-state index contributed by atoms with van der Waals surface area (Å²) in [4.78, 5) is 30.9. The molecular weight excluding hydrogens is 429 g/mol. The van der Waals surface area contributed by atoms with Crippen LogP contribution >= 0.6 is 0 Å². The monoisotopic (exact) mass is 459 g/mol. The predicted octanol–water partition coefficient (Wildman–Crippen LogP) is 3.93. The lowest BCUT2D eigenvalue weighted by molar-refractivity contribution is -0.120. The second-order valence-corrected chi connectivity index (χ2v) is 9.39. The van der Waals surface area contributed by atoms with Gasteiger partial charge in [-0.15, -0.1) is 0 Å². The zero-order valence-electron chi connectivity index (χ0n) is 19.2. The van der Waals surface area contributed by atoms with Crippen LogP contribution in [-0.4, -0.2) is 62.6 Å². The van der Waals surface area contributed by atoms with Gasteiger partial charge in [-0.1, -0.05) is 0 Å². The SMILES string of the molecule is CC(C)(C)OC(=O)N1C[C@@H](F)C[C@@H]1C(=O)Nc1ccc(-c2ccnn2C2CCCCO2)nc1. The molecule has 1 N–H and O–H groups in total. The van der Waals surface area contributed by atoms with E-state index in [1.807, 2.05) is 10.7 Å². The number of rotatable bonds is 4. The summed E-state index contributed by atoms with van der Waals surface area (Å²) in [6, 6.07) is 4.43. The fourth-order valence-corrected chi connectivity index (χ4v) is 4.06. The van der Waals surface area contributed by atoms with E-state index in [0.717, 1.165) is 29.9 Å². The van der Waals surface area contributed by atoms with Gasteiger partial charge >= 0.3 is 6.09 Å². The first-order valence-corrected chi connectivity index (χ1v) is 11.3. The molecule has 4 rings (SSSR count). The third-order valence-electron chi connectivity index (χ3n) is 5.57. The highest BCUT2D eigenvalue weighted by Crippen LogP contribution is 2.28. The summed E-state index contributed by atoms with van der Waals surface area (Å²) in [5.41, 5.74) is 1.24. The number of pyridine rings is 1. The molecule has 0 saturated carbocycles. The fourth-order valence-electron chi connectivity index (χ4n) is 4.06. The number of alkyl halides is 1. The molecule has 2 fully saturated rings. The molecule has 0 radical (unpaired) electrons. The zero-order valence-corrected chi connectivity index (χ0v) is 19.2. The van der Waals surface area contributed by atoms with Gasteiger partial charge in [0.15, 0.2) is 6.23 Å². The van der Waals surface area contributed by atoms with Gasteiger partial charge in [0.2, 0.25) is 5.91 Å². The number of ether oxygens (including phenoxy) is 2. The largest absolute Gasteiger partial charge is 0.444 e. The van der Waals surface area contributed by atoms with Gasteiger partial charge in [-0.05, 0) is 58.2 Å². The molecule has 33 heavy (non-hydrogen) atoms. The molecule has 0 bridgehead atoms. The summed E-state index contributed by atoms with van der Waals surface area (Å²) >= 11 is 0. The Kier molecular flexibility index (Phi) is 6.64. The van der Waals surface area contributed by atoms with E-state index in [0.29, 0.717) is 18.0 Å². The van der Waals surface area contributed by atoms with Crippen LogP contribution in [0, 0.1) is 0 Å². The first-order chi connectivity index (χ1) is 15.7. The van der Waals surface area contributed by atoms with Gasteiger partial charge in [0.05, 0.1) is 29.8 Å².